The molecule has 1 aromatic rings. The zero-order chi connectivity index (χ0) is 11.9. The van der Waals surface area contributed by atoms with Crippen LogP contribution >= 0.6 is 24.0 Å². The van der Waals surface area contributed by atoms with Gasteiger partial charge in [-0.15, -0.1) is 12.4 Å². The van der Waals surface area contributed by atoms with Crippen molar-refractivity contribution in [2.24, 2.45) is 5.41 Å². The summed E-state index contributed by atoms with van der Waals surface area (Å²) in [5.41, 5.74) is 3.22. The fraction of sp³-hybridized carbons (Fsp3) is 0.571. The topological polar surface area (TPSA) is 15.3 Å². The van der Waals surface area contributed by atoms with Crippen molar-refractivity contribution < 1.29 is 0 Å². The first-order valence-corrected chi connectivity index (χ1v) is 6.78. The van der Waals surface area contributed by atoms with Crippen LogP contribution in [-0.4, -0.2) is 26.2 Å². The number of nitrogens with zero attached hydrogens (tertiary/aromatic N) is 1. The number of hydrogen-bond acceptors (Lipinski definition) is 2. The largest absolute Gasteiger partial charge is 0.370 e. The van der Waals surface area contributed by atoms with E-state index in [0.29, 0.717) is 5.41 Å². The first kappa shape index (κ1) is 14.0. The lowest BCUT2D eigenvalue weighted by molar-refractivity contribution is 0.367. The molecule has 2 aliphatic heterocycles. The van der Waals surface area contributed by atoms with Crippen LogP contribution in [0, 0.1) is 5.41 Å². The highest BCUT2D eigenvalue weighted by atomic mass is 35.5. The maximum Gasteiger partial charge on any atom is 0.0426 e. The molecule has 1 aromatic carbocycles. The Balaban J connectivity index is 0.00000120. The molecule has 1 atom stereocenters. The van der Waals surface area contributed by atoms with E-state index in [1.807, 2.05) is 6.07 Å². The van der Waals surface area contributed by atoms with Gasteiger partial charge in [-0.1, -0.05) is 24.6 Å². The van der Waals surface area contributed by atoms with Crippen LogP contribution in [0.2, 0.25) is 5.02 Å². The smallest absolute Gasteiger partial charge is 0.0426 e. The normalized spacial score (nSPS) is 26.0. The van der Waals surface area contributed by atoms with Gasteiger partial charge in [-0.25, -0.2) is 0 Å². The Kier molecular flexibility index (Phi) is 4.10. The predicted octanol–water partition coefficient (Wildman–Crippen LogP) is 3.12. The van der Waals surface area contributed by atoms with Crippen molar-refractivity contribution in [3.8, 4) is 0 Å². The second kappa shape index (κ2) is 5.28. The van der Waals surface area contributed by atoms with E-state index in [4.69, 9.17) is 11.6 Å². The number of halogens is 2. The molecule has 1 fully saturated rings. The lowest BCUT2D eigenvalue weighted by Crippen LogP contribution is -2.36. The molecule has 0 bridgehead atoms. The molecule has 0 spiro atoms. The van der Waals surface area contributed by atoms with Gasteiger partial charge < -0.3 is 10.2 Å². The van der Waals surface area contributed by atoms with Crippen molar-refractivity contribution in [2.75, 3.05) is 31.1 Å². The Morgan fingerprint density at radius 2 is 2.28 bits per heavy atom. The van der Waals surface area contributed by atoms with Gasteiger partial charge in [0, 0.05) is 30.3 Å². The first-order valence-electron chi connectivity index (χ1n) is 6.40. The summed E-state index contributed by atoms with van der Waals surface area (Å²) in [6.45, 7) is 6.97. The van der Waals surface area contributed by atoms with Gasteiger partial charge in [-0.3, -0.25) is 0 Å². The molecule has 1 unspecified atom stereocenters. The van der Waals surface area contributed by atoms with Crippen molar-refractivity contribution >= 4 is 29.7 Å². The summed E-state index contributed by atoms with van der Waals surface area (Å²) in [6.07, 6.45) is 2.44. The number of rotatable bonds is 2. The first-order chi connectivity index (χ1) is 8.16. The predicted molar refractivity (Wildman–Crippen MR) is 80.2 cm³/mol. The Hall–Kier alpha value is -0.440. The minimum atomic E-state index is 0. The molecule has 18 heavy (non-hydrogen) atoms. The highest BCUT2D eigenvalue weighted by Gasteiger charge is 2.32. The number of anilines is 1. The van der Waals surface area contributed by atoms with Crippen molar-refractivity contribution in [2.45, 2.75) is 19.8 Å². The van der Waals surface area contributed by atoms with Gasteiger partial charge >= 0.3 is 0 Å². The van der Waals surface area contributed by atoms with E-state index in [2.05, 4.69) is 29.3 Å². The summed E-state index contributed by atoms with van der Waals surface area (Å²) in [6, 6.07) is 6.30. The fourth-order valence-electron chi connectivity index (χ4n) is 3.05. The molecule has 4 heteroatoms. The molecule has 0 aliphatic carbocycles. The zero-order valence-corrected chi connectivity index (χ0v) is 12.3. The van der Waals surface area contributed by atoms with Crippen LogP contribution in [0.15, 0.2) is 18.2 Å². The van der Waals surface area contributed by atoms with Crippen LogP contribution < -0.4 is 10.2 Å². The van der Waals surface area contributed by atoms with E-state index < -0.39 is 0 Å². The number of fused-ring (bicyclic) bond motifs is 1. The van der Waals surface area contributed by atoms with E-state index in [9.17, 15) is 0 Å². The maximum absolute atomic E-state index is 6.10. The van der Waals surface area contributed by atoms with E-state index in [0.717, 1.165) is 37.6 Å². The van der Waals surface area contributed by atoms with Crippen LogP contribution in [0.3, 0.4) is 0 Å². The molecule has 3 rings (SSSR count). The van der Waals surface area contributed by atoms with Gasteiger partial charge in [0.2, 0.25) is 0 Å². The molecule has 1 saturated heterocycles. The molecule has 2 nitrogen and oxygen atoms in total. The molecule has 1 N–H and O–H groups in total. The Morgan fingerprint density at radius 3 is 3.00 bits per heavy atom. The highest BCUT2D eigenvalue weighted by Crippen LogP contribution is 2.35. The molecule has 100 valence electrons. The molecular formula is C14H20Cl2N2. The molecule has 2 heterocycles. The number of hydrogen-bond donors (Lipinski definition) is 1. The zero-order valence-electron chi connectivity index (χ0n) is 10.7. The van der Waals surface area contributed by atoms with Crippen molar-refractivity contribution in [3.05, 3.63) is 28.8 Å². The lowest BCUT2D eigenvalue weighted by Gasteiger charge is -2.31. The van der Waals surface area contributed by atoms with Gasteiger partial charge in [-0.2, -0.15) is 0 Å². The number of nitrogens with one attached hydrogen (secondary N) is 1. The molecule has 0 radical (unpaired) electrons. The standard InChI is InChI=1S/C14H19ClN2.ClH/c1-14(5-6-16-9-14)10-17-7-4-11-2-3-12(15)8-13(11)17;/h2-3,8,16H,4-7,9-10H2,1H3;1H. The summed E-state index contributed by atoms with van der Waals surface area (Å²) < 4.78 is 0. The molecule has 0 amide bonds. The van der Waals surface area contributed by atoms with Crippen LogP contribution in [0.5, 0.6) is 0 Å². The minimum absolute atomic E-state index is 0. The van der Waals surface area contributed by atoms with Crippen molar-refractivity contribution in [1.82, 2.24) is 5.32 Å². The second-order valence-electron chi connectivity index (χ2n) is 5.68. The van der Waals surface area contributed by atoms with Gasteiger partial charge in [0.25, 0.3) is 0 Å². The quantitative estimate of drug-likeness (QED) is 0.899. The van der Waals surface area contributed by atoms with E-state index in [-0.39, 0.29) is 12.4 Å². The third-order valence-corrected chi connectivity index (χ3v) is 4.30. The third kappa shape index (κ3) is 2.61. The van der Waals surface area contributed by atoms with Gasteiger partial charge in [-0.05, 0) is 42.5 Å². The Labute approximate surface area is 120 Å². The van der Waals surface area contributed by atoms with E-state index >= 15 is 0 Å². The fourth-order valence-corrected chi connectivity index (χ4v) is 3.21. The van der Waals surface area contributed by atoms with Crippen molar-refractivity contribution in [1.29, 1.82) is 0 Å². The molecule has 2 aliphatic rings. The van der Waals surface area contributed by atoms with E-state index in [1.54, 1.807) is 0 Å². The summed E-state index contributed by atoms with van der Waals surface area (Å²) >= 11 is 6.10. The third-order valence-electron chi connectivity index (χ3n) is 4.07. The number of benzene rings is 1. The Bertz CT molecular complexity index is 428. The van der Waals surface area contributed by atoms with Crippen molar-refractivity contribution in [3.63, 3.8) is 0 Å². The maximum atomic E-state index is 6.10. The molecular weight excluding hydrogens is 267 g/mol. The van der Waals surface area contributed by atoms with Gasteiger partial charge in [0.15, 0.2) is 0 Å². The summed E-state index contributed by atoms with van der Waals surface area (Å²) in [5, 5.41) is 4.32. The molecule has 0 saturated carbocycles. The SMILES string of the molecule is CC1(CN2CCc3ccc(Cl)cc32)CCNC1.Cl. The highest BCUT2D eigenvalue weighted by molar-refractivity contribution is 6.30. The van der Waals surface area contributed by atoms with Gasteiger partial charge in [0.1, 0.15) is 0 Å². The second-order valence-corrected chi connectivity index (χ2v) is 6.12. The summed E-state index contributed by atoms with van der Waals surface area (Å²) in [5.74, 6) is 0. The van der Waals surface area contributed by atoms with E-state index in [1.165, 1.54) is 17.7 Å². The lowest BCUT2D eigenvalue weighted by atomic mass is 9.89. The molecule has 0 aromatic heterocycles. The summed E-state index contributed by atoms with van der Waals surface area (Å²) in [4.78, 5) is 2.51. The summed E-state index contributed by atoms with van der Waals surface area (Å²) in [7, 11) is 0. The average molecular weight is 287 g/mol. The minimum Gasteiger partial charge on any atom is -0.370 e. The van der Waals surface area contributed by atoms with Crippen LogP contribution in [-0.2, 0) is 6.42 Å². The monoisotopic (exact) mass is 286 g/mol. The average Bonchev–Trinajstić information content (AvgIpc) is 2.87. The van der Waals surface area contributed by atoms with Crippen LogP contribution in [0.1, 0.15) is 18.9 Å². The van der Waals surface area contributed by atoms with Gasteiger partial charge in [0.05, 0.1) is 0 Å². The Morgan fingerprint density at radius 1 is 1.44 bits per heavy atom. The van der Waals surface area contributed by atoms with Crippen LogP contribution in [0.25, 0.3) is 0 Å². The van der Waals surface area contributed by atoms with Crippen LogP contribution in [0.4, 0.5) is 5.69 Å².